The van der Waals surface area contributed by atoms with Crippen molar-refractivity contribution in [2.75, 3.05) is 16.4 Å². The molecule has 0 unspecified atom stereocenters. The highest BCUT2D eigenvalue weighted by Gasteiger charge is 2.30. The van der Waals surface area contributed by atoms with Gasteiger partial charge in [0.2, 0.25) is 11.9 Å². The number of anilines is 3. The molecule has 8 N–H and O–H groups in total. The molecule has 0 saturated heterocycles. The zero-order valence-corrected chi connectivity index (χ0v) is 32.1. The van der Waals surface area contributed by atoms with Gasteiger partial charge in [0.15, 0.2) is 0 Å². The van der Waals surface area contributed by atoms with Gasteiger partial charge < -0.3 is 37.0 Å². The molecule has 0 fully saturated rings. The number of nitrogens with zero attached hydrogens (tertiary/aromatic N) is 5. The van der Waals surface area contributed by atoms with Crippen molar-refractivity contribution in [1.29, 1.82) is 0 Å². The first-order valence-electron chi connectivity index (χ1n) is 18.5. The summed E-state index contributed by atoms with van der Waals surface area (Å²) in [4.78, 5) is 58.4. The molecule has 0 bridgehead atoms. The van der Waals surface area contributed by atoms with E-state index in [-0.39, 0.29) is 23.9 Å². The summed E-state index contributed by atoms with van der Waals surface area (Å²) in [5, 5.41) is 30.5. The number of nitrogen functional groups attached to an aromatic ring is 1. The summed E-state index contributed by atoms with van der Waals surface area (Å²) < 4.78 is 0. The third kappa shape index (κ3) is 13.0. The number of carbonyl (C=O) groups is 3. The van der Waals surface area contributed by atoms with Gasteiger partial charge in [-0.25, -0.2) is 15.0 Å². The van der Waals surface area contributed by atoms with Gasteiger partial charge in [0.25, 0.3) is 11.8 Å². The number of nitrogens with one attached hydrogen (secondary N) is 4. The number of hydrogen-bond acceptors (Lipinski definition) is 12. The number of pyridine rings is 1. The van der Waals surface area contributed by atoms with E-state index in [1.807, 2.05) is 86.6 Å². The molecule has 3 heterocycles. The Labute approximate surface area is 336 Å². The Morgan fingerprint density at radius 2 is 1.48 bits per heavy atom. The second-order valence-corrected chi connectivity index (χ2v) is 13.6. The Hall–Kier alpha value is -7.04. The summed E-state index contributed by atoms with van der Waals surface area (Å²) in [5.74, 6) is -1.40. The maximum absolute atomic E-state index is 12.8. The monoisotopic (exact) mass is 780 g/mol. The number of para-hydroxylation sites is 2. The van der Waals surface area contributed by atoms with Crippen LogP contribution in [-0.4, -0.2) is 71.8 Å². The molecule has 3 amide bonds. The highest BCUT2D eigenvalue weighted by atomic mass is 16.4. The van der Waals surface area contributed by atoms with Gasteiger partial charge in [-0.2, -0.15) is 0 Å². The summed E-state index contributed by atoms with van der Waals surface area (Å²) in [6.45, 7) is 4.36. The molecule has 16 heteroatoms. The average molecular weight is 781 g/mol. The van der Waals surface area contributed by atoms with Crippen LogP contribution >= 0.6 is 0 Å². The number of carbonyl (C=O) groups excluding carboxylic acids is 3. The number of amides is 3. The Morgan fingerprint density at radius 1 is 0.741 bits per heavy atom. The van der Waals surface area contributed by atoms with E-state index in [9.17, 15) is 24.4 Å². The predicted octanol–water partition coefficient (Wildman–Crippen LogP) is 4.35. The lowest BCUT2D eigenvalue weighted by Crippen LogP contribution is -2.55. The van der Waals surface area contributed by atoms with Gasteiger partial charge >= 0.3 is 7.12 Å². The normalized spacial score (nSPS) is 11.6. The molecule has 6 rings (SSSR count). The minimum absolute atomic E-state index is 0.0919. The summed E-state index contributed by atoms with van der Waals surface area (Å²) in [6, 6.07) is 28.5. The van der Waals surface area contributed by atoms with Gasteiger partial charge in [0.05, 0.1) is 29.2 Å². The van der Waals surface area contributed by atoms with Crippen LogP contribution in [0.25, 0.3) is 11.3 Å². The fourth-order valence-electron chi connectivity index (χ4n) is 5.63. The van der Waals surface area contributed by atoms with Crippen molar-refractivity contribution in [2.24, 2.45) is 5.92 Å². The lowest BCUT2D eigenvalue weighted by Gasteiger charge is -2.24. The first-order chi connectivity index (χ1) is 28.0. The first-order valence-corrected chi connectivity index (χ1v) is 18.5. The molecule has 3 aromatic heterocycles. The number of aromatic nitrogens is 5. The minimum Gasteiger partial charge on any atom is -0.426 e. The van der Waals surface area contributed by atoms with E-state index in [1.54, 1.807) is 42.9 Å². The lowest BCUT2D eigenvalue weighted by atomic mass is 9.75. The maximum atomic E-state index is 12.8. The van der Waals surface area contributed by atoms with Crippen molar-refractivity contribution in [3.63, 3.8) is 0 Å². The van der Waals surface area contributed by atoms with Crippen LogP contribution in [0.4, 0.5) is 17.3 Å². The van der Waals surface area contributed by atoms with E-state index in [0.29, 0.717) is 35.9 Å². The smallest absolute Gasteiger partial charge is 0.426 e. The van der Waals surface area contributed by atoms with Gasteiger partial charge in [-0.1, -0.05) is 68.4 Å². The molecule has 58 heavy (non-hydrogen) atoms. The average Bonchev–Trinajstić information content (AvgIpc) is 3.24. The second-order valence-electron chi connectivity index (χ2n) is 13.6. The summed E-state index contributed by atoms with van der Waals surface area (Å²) in [5.41, 5.74) is 11.2. The van der Waals surface area contributed by atoms with Crippen molar-refractivity contribution in [3.8, 4) is 11.3 Å². The Morgan fingerprint density at radius 3 is 2.16 bits per heavy atom. The molecule has 6 aromatic rings. The van der Waals surface area contributed by atoms with Crippen molar-refractivity contribution in [1.82, 2.24) is 35.6 Å². The quantitative estimate of drug-likeness (QED) is 0.0570. The molecule has 0 saturated carbocycles. The molecule has 3 aromatic carbocycles. The Bertz CT molecular complexity index is 2220. The van der Waals surface area contributed by atoms with Gasteiger partial charge in [-0.15, -0.1) is 0 Å². The largest absolute Gasteiger partial charge is 0.475 e. The molecule has 0 aliphatic heterocycles. The number of nitrogens with two attached hydrogens (primary N) is 1. The van der Waals surface area contributed by atoms with Crippen molar-refractivity contribution in [3.05, 3.63) is 157 Å². The molecule has 0 aliphatic carbocycles. The highest BCUT2D eigenvalue weighted by Crippen LogP contribution is 2.19. The SMILES string of the molecule is CC(C)C[C@H](NC(=O)[C@H](Cc1ccccc1)NC(=O)c1cnccn1)B(O)O.Nc1ccccc1NC(=O)c1ccc(CNc2nccc(-c3cccnc3)n2)cc1. The van der Waals surface area contributed by atoms with Crippen LogP contribution in [0.5, 0.6) is 0 Å². The van der Waals surface area contributed by atoms with E-state index < -0.39 is 30.9 Å². The molecule has 2 atom stereocenters. The Kier molecular flexibility index (Phi) is 15.5. The lowest BCUT2D eigenvalue weighted by molar-refractivity contribution is -0.123. The third-order valence-electron chi connectivity index (χ3n) is 8.60. The fraction of sp³-hybridized carbons (Fsp3) is 0.190. The van der Waals surface area contributed by atoms with Crippen molar-refractivity contribution < 1.29 is 24.4 Å². The molecule has 0 spiro atoms. The Balaban J connectivity index is 0.000000222. The molecule has 0 aliphatic rings. The van der Waals surface area contributed by atoms with Crippen LogP contribution in [0.2, 0.25) is 0 Å². The van der Waals surface area contributed by atoms with Gasteiger partial charge in [-0.3, -0.25) is 24.4 Å². The van der Waals surface area contributed by atoms with Crippen molar-refractivity contribution >= 4 is 42.2 Å². The topological polar surface area (TPSA) is 230 Å². The number of hydrogen-bond donors (Lipinski definition) is 7. The summed E-state index contributed by atoms with van der Waals surface area (Å²) in [6.07, 6.45) is 9.98. The summed E-state index contributed by atoms with van der Waals surface area (Å²) in [7, 11) is -1.69. The van der Waals surface area contributed by atoms with E-state index in [4.69, 9.17) is 5.73 Å². The van der Waals surface area contributed by atoms with Crippen LogP contribution in [0.3, 0.4) is 0 Å². The van der Waals surface area contributed by atoms with Crippen LogP contribution < -0.4 is 27.0 Å². The fourth-order valence-corrected chi connectivity index (χ4v) is 5.63. The molecule has 0 radical (unpaired) electrons. The van der Waals surface area contributed by atoms with Gasteiger partial charge in [-0.05, 0) is 65.9 Å². The van der Waals surface area contributed by atoms with Gasteiger partial charge in [0.1, 0.15) is 11.7 Å². The van der Waals surface area contributed by atoms with E-state index in [2.05, 4.69) is 46.2 Å². The summed E-state index contributed by atoms with van der Waals surface area (Å²) >= 11 is 0. The number of rotatable bonds is 15. The van der Waals surface area contributed by atoms with Crippen LogP contribution in [0.15, 0.2) is 134 Å². The van der Waals surface area contributed by atoms with Gasteiger partial charge in [0, 0.05) is 55.1 Å². The standard InChI is InChI=1S/C23H20N6O.C19H25BN4O4/c24-19-5-1-2-6-21(19)28-22(30)17-9-7-16(8-10-17)14-27-23-26-13-11-20(29-23)18-4-3-12-25-15-18;1-13(2)10-17(20(27)28)24-18(25)15(11-14-6-4-3-5-7-14)23-19(26)16-12-21-8-9-22-16/h1-13,15H,14,24H2,(H,28,30)(H,26,27,29);3-9,12-13,15,17,27-28H,10-11H2,1-2H3,(H,23,26)(H,24,25)/t;15-,17-/m.0/s1. The van der Waals surface area contributed by atoms with Crippen LogP contribution in [-0.2, 0) is 17.8 Å². The first kappa shape index (κ1) is 42.1. The van der Waals surface area contributed by atoms with E-state index in [1.165, 1.54) is 18.6 Å². The zero-order valence-electron chi connectivity index (χ0n) is 32.1. The maximum Gasteiger partial charge on any atom is 0.475 e. The highest BCUT2D eigenvalue weighted by molar-refractivity contribution is 6.43. The molecule has 296 valence electrons. The zero-order chi connectivity index (χ0) is 41.3. The van der Waals surface area contributed by atoms with Crippen LogP contribution in [0, 0.1) is 5.92 Å². The van der Waals surface area contributed by atoms with Crippen LogP contribution in [0.1, 0.15) is 52.2 Å². The molecule has 15 nitrogen and oxygen atoms in total. The number of benzene rings is 3. The van der Waals surface area contributed by atoms with Crippen molar-refractivity contribution in [2.45, 2.75) is 45.2 Å². The minimum atomic E-state index is -1.69. The second kappa shape index (κ2) is 21.3. The van der Waals surface area contributed by atoms with E-state index >= 15 is 0 Å². The third-order valence-corrected chi connectivity index (χ3v) is 8.60. The molecular weight excluding hydrogens is 735 g/mol. The predicted molar refractivity (Wildman–Crippen MR) is 223 cm³/mol. The van der Waals surface area contributed by atoms with E-state index in [0.717, 1.165) is 22.4 Å². The molecular formula is C42H45BN10O5.